The highest BCUT2D eigenvalue weighted by atomic mass is 35.5. The highest BCUT2D eigenvalue weighted by molar-refractivity contribution is 6.30. The van der Waals surface area contributed by atoms with Crippen LogP contribution in [0.4, 0.5) is 11.5 Å². The molecule has 146 valence electrons. The summed E-state index contributed by atoms with van der Waals surface area (Å²) < 4.78 is 0. The van der Waals surface area contributed by atoms with E-state index in [0.29, 0.717) is 22.3 Å². The van der Waals surface area contributed by atoms with Gasteiger partial charge in [-0.3, -0.25) is 9.59 Å². The molecule has 2 aliphatic rings. The standard InChI is InChI=1S/C21H23ClN4O2/c22-16-4-7-19(23-13-16)26-10-8-14(9-11-26)20(27)25-18-3-1-2-15(12-18)21(28)24-17-5-6-17/h1-4,7,12-14,17H,5-6,8-11H2,(H,24,28)(H,25,27). The number of piperidine rings is 1. The lowest BCUT2D eigenvalue weighted by atomic mass is 9.95. The molecule has 1 saturated carbocycles. The Morgan fingerprint density at radius 3 is 2.54 bits per heavy atom. The van der Waals surface area contributed by atoms with Gasteiger partial charge >= 0.3 is 0 Å². The van der Waals surface area contributed by atoms with Gasteiger partial charge in [0.15, 0.2) is 0 Å². The zero-order chi connectivity index (χ0) is 19.5. The molecule has 2 aromatic rings. The van der Waals surface area contributed by atoms with Gasteiger partial charge in [-0.25, -0.2) is 4.98 Å². The van der Waals surface area contributed by atoms with Crippen molar-refractivity contribution in [2.24, 2.45) is 5.92 Å². The maximum atomic E-state index is 12.7. The highest BCUT2D eigenvalue weighted by Crippen LogP contribution is 2.24. The van der Waals surface area contributed by atoms with Crippen molar-refractivity contribution in [1.29, 1.82) is 0 Å². The van der Waals surface area contributed by atoms with Gasteiger partial charge in [-0.05, 0) is 56.0 Å². The van der Waals surface area contributed by atoms with Crippen molar-refractivity contribution in [2.75, 3.05) is 23.3 Å². The number of carbonyl (C=O) groups is 2. The zero-order valence-corrected chi connectivity index (χ0v) is 16.3. The second-order valence-electron chi connectivity index (χ2n) is 7.41. The number of hydrogen-bond donors (Lipinski definition) is 2. The van der Waals surface area contributed by atoms with Crippen molar-refractivity contribution in [3.63, 3.8) is 0 Å². The maximum Gasteiger partial charge on any atom is 0.251 e. The summed E-state index contributed by atoms with van der Waals surface area (Å²) in [4.78, 5) is 31.4. The first-order valence-corrected chi connectivity index (χ1v) is 10.0. The molecule has 0 atom stereocenters. The van der Waals surface area contributed by atoms with Gasteiger partial charge in [0.05, 0.1) is 5.02 Å². The Hall–Kier alpha value is -2.60. The van der Waals surface area contributed by atoms with E-state index in [4.69, 9.17) is 11.6 Å². The van der Waals surface area contributed by atoms with Crippen LogP contribution < -0.4 is 15.5 Å². The molecule has 7 heteroatoms. The number of benzene rings is 1. The lowest BCUT2D eigenvalue weighted by Crippen LogP contribution is -2.38. The van der Waals surface area contributed by atoms with Crippen LogP contribution in [0.5, 0.6) is 0 Å². The fourth-order valence-corrected chi connectivity index (χ4v) is 3.52. The van der Waals surface area contributed by atoms with E-state index in [2.05, 4.69) is 20.5 Å². The molecular weight excluding hydrogens is 376 g/mol. The fraction of sp³-hybridized carbons (Fsp3) is 0.381. The molecule has 1 saturated heterocycles. The third kappa shape index (κ3) is 4.62. The smallest absolute Gasteiger partial charge is 0.251 e. The normalized spacial score (nSPS) is 17.2. The van der Waals surface area contributed by atoms with Crippen LogP contribution in [0.3, 0.4) is 0 Å². The first kappa shape index (κ1) is 18.7. The van der Waals surface area contributed by atoms with Gasteiger partial charge in [-0.2, -0.15) is 0 Å². The molecule has 1 aliphatic carbocycles. The summed E-state index contributed by atoms with van der Waals surface area (Å²) in [5.74, 6) is 0.760. The van der Waals surface area contributed by atoms with Crippen LogP contribution in [0.2, 0.25) is 5.02 Å². The Morgan fingerprint density at radius 2 is 1.86 bits per heavy atom. The van der Waals surface area contributed by atoms with Gasteiger partial charge in [-0.1, -0.05) is 17.7 Å². The van der Waals surface area contributed by atoms with Crippen molar-refractivity contribution >= 4 is 34.9 Å². The molecule has 2 N–H and O–H groups in total. The van der Waals surface area contributed by atoms with Crippen LogP contribution in [0.15, 0.2) is 42.6 Å². The number of hydrogen-bond acceptors (Lipinski definition) is 4. The van der Waals surface area contributed by atoms with E-state index in [-0.39, 0.29) is 17.7 Å². The second kappa shape index (κ2) is 8.19. The van der Waals surface area contributed by atoms with Crippen molar-refractivity contribution in [2.45, 2.75) is 31.7 Å². The molecule has 0 spiro atoms. The summed E-state index contributed by atoms with van der Waals surface area (Å²) in [6, 6.07) is 11.2. The molecule has 2 heterocycles. The van der Waals surface area contributed by atoms with E-state index in [1.165, 1.54) is 0 Å². The van der Waals surface area contributed by atoms with Crippen molar-refractivity contribution in [1.82, 2.24) is 10.3 Å². The summed E-state index contributed by atoms with van der Waals surface area (Å²) in [6.07, 6.45) is 5.26. The third-order valence-corrected chi connectivity index (χ3v) is 5.43. The van der Waals surface area contributed by atoms with Crippen LogP contribution in [-0.2, 0) is 4.79 Å². The van der Waals surface area contributed by atoms with Gasteiger partial charge in [0.1, 0.15) is 5.82 Å². The molecule has 6 nitrogen and oxygen atoms in total. The van der Waals surface area contributed by atoms with Crippen LogP contribution in [0.25, 0.3) is 0 Å². The van der Waals surface area contributed by atoms with Crippen molar-refractivity contribution < 1.29 is 9.59 Å². The summed E-state index contributed by atoms with van der Waals surface area (Å²) in [5.41, 5.74) is 1.24. The lowest BCUT2D eigenvalue weighted by molar-refractivity contribution is -0.120. The summed E-state index contributed by atoms with van der Waals surface area (Å²) in [6.45, 7) is 1.55. The molecule has 0 radical (unpaired) electrons. The Morgan fingerprint density at radius 1 is 1.07 bits per heavy atom. The minimum Gasteiger partial charge on any atom is -0.357 e. The highest BCUT2D eigenvalue weighted by Gasteiger charge is 2.26. The van der Waals surface area contributed by atoms with E-state index in [9.17, 15) is 9.59 Å². The Kier molecular flexibility index (Phi) is 5.48. The summed E-state index contributed by atoms with van der Waals surface area (Å²) in [5, 5.41) is 6.55. The van der Waals surface area contributed by atoms with E-state index in [1.807, 2.05) is 18.2 Å². The number of aromatic nitrogens is 1. The molecule has 2 amide bonds. The molecule has 1 aromatic heterocycles. The van der Waals surface area contributed by atoms with Crippen molar-refractivity contribution in [3.05, 3.63) is 53.2 Å². The van der Waals surface area contributed by atoms with E-state index in [0.717, 1.165) is 44.6 Å². The minimum atomic E-state index is -0.0811. The maximum absolute atomic E-state index is 12.7. The molecule has 4 rings (SSSR count). The van der Waals surface area contributed by atoms with Crippen LogP contribution in [0, 0.1) is 5.92 Å². The molecule has 28 heavy (non-hydrogen) atoms. The lowest BCUT2D eigenvalue weighted by Gasteiger charge is -2.32. The number of halogens is 1. The minimum absolute atomic E-state index is 0.00321. The predicted octanol–water partition coefficient (Wildman–Crippen LogP) is 3.48. The number of nitrogens with one attached hydrogen (secondary N) is 2. The van der Waals surface area contributed by atoms with Crippen LogP contribution in [-0.4, -0.2) is 35.9 Å². The summed E-state index contributed by atoms with van der Waals surface area (Å²) >= 11 is 5.89. The van der Waals surface area contributed by atoms with Crippen LogP contribution in [0.1, 0.15) is 36.0 Å². The first-order valence-electron chi connectivity index (χ1n) is 9.67. The molecule has 0 bridgehead atoms. The largest absolute Gasteiger partial charge is 0.357 e. The average Bonchev–Trinajstić information content (AvgIpc) is 3.53. The van der Waals surface area contributed by atoms with E-state index in [1.54, 1.807) is 24.4 Å². The van der Waals surface area contributed by atoms with Gasteiger partial charge in [-0.15, -0.1) is 0 Å². The van der Waals surface area contributed by atoms with E-state index < -0.39 is 0 Å². The quantitative estimate of drug-likeness (QED) is 0.808. The number of rotatable bonds is 5. The number of anilines is 2. The monoisotopic (exact) mass is 398 g/mol. The molecule has 2 fully saturated rings. The third-order valence-electron chi connectivity index (χ3n) is 5.21. The first-order chi connectivity index (χ1) is 13.6. The van der Waals surface area contributed by atoms with Gasteiger partial charge < -0.3 is 15.5 Å². The molecule has 1 aromatic carbocycles. The van der Waals surface area contributed by atoms with Crippen LogP contribution >= 0.6 is 11.6 Å². The van der Waals surface area contributed by atoms with E-state index >= 15 is 0 Å². The van der Waals surface area contributed by atoms with Gasteiger partial charge in [0.25, 0.3) is 5.91 Å². The van der Waals surface area contributed by atoms with Crippen molar-refractivity contribution in [3.8, 4) is 0 Å². The number of nitrogens with zero attached hydrogens (tertiary/aromatic N) is 2. The molecule has 0 unspecified atom stereocenters. The fourth-order valence-electron chi connectivity index (χ4n) is 3.40. The summed E-state index contributed by atoms with van der Waals surface area (Å²) in [7, 11) is 0. The molecular formula is C21H23ClN4O2. The number of pyridine rings is 1. The number of carbonyl (C=O) groups excluding carboxylic acids is 2. The number of amides is 2. The predicted molar refractivity (Wildman–Crippen MR) is 110 cm³/mol. The Bertz CT molecular complexity index is 859. The molecule has 1 aliphatic heterocycles. The van der Waals surface area contributed by atoms with Gasteiger partial charge in [0, 0.05) is 42.5 Å². The SMILES string of the molecule is O=C(NC1CC1)c1cccc(NC(=O)C2CCN(c3ccc(Cl)cn3)CC2)c1. The Labute approximate surface area is 169 Å². The average molecular weight is 399 g/mol. The van der Waals surface area contributed by atoms with Gasteiger partial charge in [0.2, 0.25) is 5.91 Å². The Balaban J connectivity index is 1.32. The topological polar surface area (TPSA) is 74.3 Å². The zero-order valence-electron chi connectivity index (χ0n) is 15.5. The second-order valence-corrected chi connectivity index (χ2v) is 7.85.